The SMILES string of the molecule is CN(CC1CCCOC1)C(=O)c1ccc(Cl)c(Br)c1. The molecule has 1 aliphatic rings. The average Bonchev–Trinajstić information content (AvgIpc) is 2.42. The van der Waals surface area contributed by atoms with Gasteiger partial charge >= 0.3 is 0 Å². The molecule has 0 aromatic heterocycles. The zero-order chi connectivity index (χ0) is 13.8. The summed E-state index contributed by atoms with van der Waals surface area (Å²) in [5.41, 5.74) is 0.649. The van der Waals surface area contributed by atoms with Crippen molar-refractivity contribution in [3.63, 3.8) is 0 Å². The number of nitrogens with zero attached hydrogens (tertiary/aromatic N) is 1. The van der Waals surface area contributed by atoms with Gasteiger partial charge in [-0.3, -0.25) is 4.79 Å². The Hall–Kier alpha value is -0.580. The summed E-state index contributed by atoms with van der Waals surface area (Å²) in [4.78, 5) is 14.1. The van der Waals surface area contributed by atoms with Gasteiger partial charge in [-0.25, -0.2) is 0 Å². The molecule has 5 heteroatoms. The van der Waals surface area contributed by atoms with Gasteiger partial charge in [0.15, 0.2) is 0 Å². The molecule has 0 spiro atoms. The third-order valence-corrected chi connectivity index (χ3v) is 4.51. The Labute approximate surface area is 127 Å². The van der Waals surface area contributed by atoms with Crippen LogP contribution in [0.15, 0.2) is 22.7 Å². The minimum atomic E-state index is 0.0166. The van der Waals surface area contributed by atoms with E-state index in [0.717, 1.165) is 37.1 Å². The van der Waals surface area contributed by atoms with Crippen LogP contribution in [0.2, 0.25) is 5.02 Å². The van der Waals surface area contributed by atoms with Gasteiger partial charge in [-0.15, -0.1) is 0 Å². The van der Waals surface area contributed by atoms with E-state index in [0.29, 0.717) is 16.5 Å². The van der Waals surface area contributed by atoms with Gasteiger partial charge in [-0.05, 0) is 52.9 Å². The molecule has 104 valence electrons. The molecule has 1 fully saturated rings. The smallest absolute Gasteiger partial charge is 0.253 e. The van der Waals surface area contributed by atoms with Crippen LogP contribution in [0.1, 0.15) is 23.2 Å². The lowest BCUT2D eigenvalue weighted by Crippen LogP contribution is -2.35. The molecule has 1 amide bonds. The Balaban J connectivity index is 1.99. The second-order valence-electron chi connectivity index (χ2n) is 4.90. The van der Waals surface area contributed by atoms with Crippen molar-refractivity contribution in [1.29, 1.82) is 0 Å². The number of hydrogen-bond donors (Lipinski definition) is 0. The number of amides is 1. The highest BCUT2D eigenvalue weighted by molar-refractivity contribution is 9.10. The molecule has 19 heavy (non-hydrogen) atoms. The summed E-state index contributed by atoms with van der Waals surface area (Å²) >= 11 is 9.27. The second kappa shape index (κ2) is 6.73. The van der Waals surface area contributed by atoms with Crippen molar-refractivity contribution in [2.75, 3.05) is 26.8 Å². The first-order valence-electron chi connectivity index (χ1n) is 6.36. The molecule has 1 aromatic rings. The summed E-state index contributed by atoms with van der Waals surface area (Å²) in [6.07, 6.45) is 2.21. The number of hydrogen-bond acceptors (Lipinski definition) is 2. The first-order valence-corrected chi connectivity index (χ1v) is 7.53. The standard InChI is InChI=1S/C14H17BrClNO2/c1-17(8-10-3-2-6-19-9-10)14(18)11-4-5-13(16)12(15)7-11/h4-5,7,10H,2-3,6,8-9H2,1H3. The van der Waals surface area contributed by atoms with Crippen molar-refractivity contribution in [2.24, 2.45) is 5.92 Å². The minimum Gasteiger partial charge on any atom is -0.381 e. The highest BCUT2D eigenvalue weighted by Crippen LogP contribution is 2.24. The van der Waals surface area contributed by atoms with Crippen LogP contribution in [0.5, 0.6) is 0 Å². The molecule has 0 bridgehead atoms. The van der Waals surface area contributed by atoms with Crippen LogP contribution in [0.25, 0.3) is 0 Å². The van der Waals surface area contributed by atoms with E-state index in [1.54, 1.807) is 23.1 Å². The van der Waals surface area contributed by atoms with Crippen LogP contribution in [0.3, 0.4) is 0 Å². The largest absolute Gasteiger partial charge is 0.381 e. The quantitative estimate of drug-likeness (QED) is 0.837. The molecule has 3 nitrogen and oxygen atoms in total. The Kier molecular flexibility index (Phi) is 5.25. The highest BCUT2D eigenvalue weighted by Gasteiger charge is 2.19. The first-order chi connectivity index (χ1) is 9.08. The summed E-state index contributed by atoms with van der Waals surface area (Å²) in [5.74, 6) is 0.460. The maximum atomic E-state index is 12.3. The maximum absolute atomic E-state index is 12.3. The van der Waals surface area contributed by atoms with E-state index in [4.69, 9.17) is 16.3 Å². The summed E-state index contributed by atoms with van der Waals surface area (Å²) in [6, 6.07) is 5.25. The number of ether oxygens (including phenoxy) is 1. The molecule has 1 aromatic carbocycles. The first kappa shape index (κ1) is 14.8. The zero-order valence-electron chi connectivity index (χ0n) is 10.9. The summed E-state index contributed by atoms with van der Waals surface area (Å²) in [6.45, 7) is 2.33. The molecule has 2 rings (SSSR count). The highest BCUT2D eigenvalue weighted by atomic mass is 79.9. The zero-order valence-corrected chi connectivity index (χ0v) is 13.2. The molecule has 1 unspecified atom stereocenters. The fraction of sp³-hybridized carbons (Fsp3) is 0.500. The summed E-state index contributed by atoms with van der Waals surface area (Å²) in [5, 5.41) is 0.611. The van der Waals surface area contributed by atoms with E-state index >= 15 is 0 Å². The van der Waals surface area contributed by atoms with E-state index in [1.807, 2.05) is 7.05 Å². The third kappa shape index (κ3) is 3.94. The Bertz CT molecular complexity index is 461. The van der Waals surface area contributed by atoms with Crippen LogP contribution < -0.4 is 0 Å². The molecule has 0 N–H and O–H groups in total. The van der Waals surface area contributed by atoms with Gasteiger partial charge in [-0.2, -0.15) is 0 Å². The average molecular weight is 347 g/mol. The molecular formula is C14H17BrClNO2. The summed E-state index contributed by atoms with van der Waals surface area (Å²) < 4.78 is 6.19. The molecule has 0 aliphatic carbocycles. The van der Waals surface area contributed by atoms with E-state index < -0.39 is 0 Å². The maximum Gasteiger partial charge on any atom is 0.253 e. The van der Waals surface area contributed by atoms with Gasteiger partial charge in [0, 0.05) is 30.2 Å². The molecule has 1 atom stereocenters. The van der Waals surface area contributed by atoms with E-state index in [9.17, 15) is 4.79 Å². The van der Waals surface area contributed by atoms with Gasteiger partial charge in [0.1, 0.15) is 0 Å². The molecular weight excluding hydrogens is 330 g/mol. The Morgan fingerprint density at radius 3 is 3.00 bits per heavy atom. The summed E-state index contributed by atoms with van der Waals surface area (Å²) in [7, 11) is 1.83. The molecule has 1 aliphatic heterocycles. The molecule has 0 saturated carbocycles. The fourth-order valence-electron chi connectivity index (χ4n) is 2.27. The fourth-order valence-corrected chi connectivity index (χ4v) is 2.77. The third-order valence-electron chi connectivity index (χ3n) is 3.30. The van der Waals surface area contributed by atoms with Crippen LogP contribution in [-0.2, 0) is 4.74 Å². The Morgan fingerprint density at radius 2 is 2.37 bits per heavy atom. The lowest BCUT2D eigenvalue weighted by molar-refractivity contribution is 0.0388. The van der Waals surface area contributed by atoms with Gasteiger partial charge < -0.3 is 9.64 Å². The van der Waals surface area contributed by atoms with Crippen LogP contribution in [0, 0.1) is 5.92 Å². The predicted octanol–water partition coefficient (Wildman–Crippen LogP) is 3.60. The molecule has 1 saturated heterocycles. The molecule has 0 radical (unpaired) electrons. The van der Waals surface area contributed by atoms with E-state index in [-0.39, 0.29) is 5.91 Å². The lowest BCUT2D eigenvalue weighted by atomic mass is 10.0. The van der Waals surface area contributed by atoms with Crippen LogP contribution in [-0.4, -0.2) is 37.6 Å². The van der Waals surface area contributed by atoms with Crippen molar-refractivity contribution < 1.29 is 9.53 Å². The van der Waals surface area contributed by atoms with Gasteiger partial charge in [0.2, 0.25) is 0 Å². The van der Waals surface area contributed by atoms with Crippen molar-refractivity contribution >= 4 is 33.4 Å². The minimum absolute atomic E-state index is 0.0166. The monoisotopic (exact) mass is 345 g/mol. The van der Waals surface area contributed by atoms with Crippen molar-refractivity contribution in [1.82, 2.24) is 4.90 Å². The topological polar surface area (TPSA) is 29.5 Å². The number of rotatable bonds is 3. The van der Waals surface area contributed by atoms with Crippen molar-refractivity contribution in [3.05, 3.63) is 33.3 Å². The van der Waals surface area contributed by atoms with Crippen LogP contribution in [0.4, 0.5) is 0 Å². The second-order valence-corrected chi connectivity index (χ2v) is 6.16. The van der Waals surface area contributed by atoms with Crippen molar-refractivity contribution in [3.8, 4) is 0 Å². The van der Waals surface area contributed by atoms with Gasteiger partial charge in [0.05, 0.1) is 11.6 Å². The number of benzene rings is 1. The van der Waals surface area contributed by atoms with Crippen LogP contribution >= 0.6 is 27.5 Å². The molecule has 1 heterocycles. The lowest BCUT2D eigenvalue weighted by Gasteiger charge is -2.27. The predicted molar refractivity (Wildman–Crippen MR) is 79.7 cm³/mol. The van der Waals surface area contributed by atoms with Gasteiger partial charge in [-0.1, -0.05) is 11.6 Å². The van der Waals surface area contributed by atoms with Gasteiger partial charge in [0.25, 0.3) is 5.91 Å². The number of carbonyl (C=O) groups is 1. The number of halogens is 2. The van der Waals surface area contributed by atoms with Crippen molar-refractivity contribution in [2.45, 2.75) is 12.8 Å². The van der Waals surface area contributed by atoms with E-state index in [2.05, 4.69) is 15.9 Å². The van der Waals surface area contributed by atoms with E-state index in [1.165, 1.54) is 0 Å². The normalized spacial score (nSPS) is 19.2. The Morgan fingerprint density at radius 1 is 1.58 bits per heavy atom. The number of carbonyl (C=O) groups excluding carboxylic acids is 1.